The molecule has 0 radical (unpaired) electrons. The third-order valence-corrected chi connectivity index (χ3v) is 4.45. The summed E-state index contributed by atoms with van der Waals surface area (Å²) in [6, 6.07) is 5.63. The van der Waals surface area contributed by atoms with Crippen LogP contribution in [-0.4, -0.2) is 14.8 Å². The summed E-state index contributed by atoms with van der Waals surface area (Å²) in [7, 11) is 0. The molecule has 0 saturated carbocycles. The van der Waals surface area contributed by atoms with E-state index in [0.29, 0.717) is 18.9 Å². The lowest BCUT2D eigenvalue weighted by molar-refractivity contribution is 0.134. The zero-order valence-electron chi connectivity index (χ0n) is 14.8. The van der Waals surface area contributed by atoms with Gasteiger partial charge in [-0.05, 0) is 47.4 Å². The van der Waals surface area contributed by atoms with Crippen LogP contribution in [0.2, 0.25) is 0 Å². The molecule has 3 aromatic rings. The Bertz CT molecular complexity index is 1110. The molecule has 0 unspecified atom stereocenters. The van der Waals surface area contributed by atoms with Crippen molar-refractivity contribution in [2.45, 2.75) is 26.7 Å². The first-order valence-corrected chi connectivity index (χ1v) is 8.45. The van der Waals surface area contributed by atoms with Crippen LogP contribution in [0.3, 0.4) is 0 Å². The lowest BCUT2D eigenvalue weighted by Gasteiger charge is -2.15. The summed E-state index contributed by atoms with van der Waals surface area (Å²) < 4.78 is 46.9. The van der Waals surface area contributed by atoms with E-state index < -0.39 is 23.0 Å². The Morgan fingerprint density at radius 2 is 1.79 bits per heavy atom. The van der Waals surface area contributed by atoms with Crippen LogP contribution in [0.1, 0.15) is 22.3 Å². The molecule has 1 aliphatic rings. The highest BCUT2D eigenvalue weighted by molar-refractivity contribution is 5.61. The Hall–Kier alpha value is -3.20. The molecule has 9 heteroatoms. The van der Waals surface area contributed by atoms with Crippen molar-refractivity contribution in [3.8, 4) is 0 Å². The summed E-state index contributed by atoms with van der Waals surface area (Å²) >= 11 is 0. The second kappa shape index (κ2) is 7.08. The number of aromatic nitrogens is 3. The minimum Gasteiger partial charge on any atom is -0.372 e. The highest BCUT2D eigenvalue weighted by atomic mass is 19.2. The number of nitrogens with one attached hydrogen (secondary N) is 1. The zero-order valence-corrected chi connectivity index (χ0v) is 14.8. The largest absolute Gasteiger partial charge is 0.372 e. The van der Waals surface area contributed by atoms with Crippen molar-refractivity contribution >= 4 is 11.6 Å². The molecular weight excluding hydrogens is 373 g/mol. The Labute approximate surface area is 157 Å². The van der Waals surface area contributed by atoms with Gasteiger partial charge in [0.1, 0.15) is 6.20 Å². The standard InChI is InChI=1S/C19H15F3N4O2/c1-10-2-12-8-28-9-13(12)5-16(10)24-19-25-17(27)6-23-26(19)7-11-3-14(20)18(22)15(21)4-11/h2-6H,7-9H2,1H3,(H,24,25,27). The number of halogens is 3. The van der Waals surface area contributed by atoms with Crippen LogP contribution >= 0.6 is 0 Å². The van der Waals surface area contributed by atoms with E-state index in [1.165, 1.54) is 4.68 Å². The summed E-state index contributed by atoms with van der Waals surface area (Å²) in [5.41, 5.74) is 3.29. The normalized spacial score (nSPS) is 12.9. The van der Waals surface area contributed by atoms with Gasteiger partial charge in [0.2, 0.25) is 5.95 Å². The number of nitrogens with zero attached hydrogens (tertiary/aromatic N) is 3. The molecule has 0 saturated heterocycles. The molecule has 0 fully saturated rings. The summed E-state index contributed by atoms with van der Waals surface area (Å²) in [4.78, 5) is 15.6. The van der Waals surface area contributed by atoms with Crippen LogP contribution in [-0.2, 0) is 24.5 Å². The number of hydrogen-bond acceptors (Lipinski definition) is 5. The van der Waals surface area contributed by atoms with Gasteiger partial charge in [0.05, 0.1) is 19.8 Å². The van der Waals surface area contributed by atoms with Gasteiger partial charge in [-0.3, -0.25) is 4.79 Å². The molecule has 2 aromatic carbocycles. The SMILES string of the molecule is Cc1cc2c(cc1Nc1nc(=O)cnn1Cc1cc(F)c(F)c(F)c1)COC2. The molecule has 4 rings (SSSR count). The molecule has 6 nitrogen and oxygen atoms in total. The van der Waals surface area contributed by atoms with Crippen molar-refractivity contribution in [1.29, 1.82) is 0 Å². The molecule has 0 aliphatic carbocycles. The summed E-state index contributed by atoms with van der Waals surface area (Å²) in [5.74, 6) is -4.04. The number of rotatable bonds is 4. The van der Waals surface area contributed by atoms with Gasteiger partial charge < -0.3 is 10.1 Å². The van der Waals surface area contributed by atoms with Gasteiger partial charge in [-0.15, -0.1) is 0 Å². The predicted octanol–water partition coefficient (Wildman–Crippen LogP) is 3.19. The van der Waals surface area contributed by atoms with E-state index in [1.54, 1.807) is 0 Å². The zero-order chi connectivity index (χ0) is 19.8. The minimum atomic E-state index is -1.54. The maximum Gasteiger partial charge on any atom is 0.293 e. The highest BCUT2D eigenvalue weighted by Gasteiger charge is 2.16. The number of benzene rings is 2. The Kier molecular flexibility index (Phi) is 4.60. The third-order valence-electron chi connectivity index (χ3n) is 4.45. The fraction of sp³-hybridized carbons (Fsp3) is 0.211. The number of anilines is 2. The van der Waals surface area contributed by atoms with Crippen LogP contribution in [0.4, 0.5) is 24.8 Å². The highest BCUT2D eigenvalue weighted by Crippen LogP contribution is 2.28. The maximum absolute atomic E-state index is 13.5. The van der Waals surface area contributed by atoms with Gasteiger partial charge in [-0.25, -0.2) is 17.9 Å². The molecule has 0 bridgehead atoms. The number of ether oxygens (including phenoxy) is 1. The molecular formula is C19H15F3N4O2. The van der Waals surface area contributed by atoms with Crippen molar-refractivity contribution in [1.82, 2.24) is 14.8 Å². The maximum atomic E-state index is 13.5. The first-order valence-electron chi connectivity index (χ1n) is 8.45. The molecule has 2 heterocycles. The monoisotopic (exact) mass is 388 g/mol. The number of fused-ring (bicyclic) bond motifs is 1. The van der Waals surface area contributed by atoms with Crippen LogP contribution in [0.25, 0.3) is 0 Å². The Morgan fingerprint density at radius 1 is 1.11 bits per heavy atom. The third kappa shape index (κ3) is 3.48. The Balaban J connectivity index is 1.69. The average molecular weight is 388 g/mol. The second-order valence-corrected chi connectivity index (χ2v) is 6.50. The van der Waals surface area contributed by atoms with Gasteiger partial charge in [-0.2, -0.15) is 10.1 Å². The number of hydrogen-bond donors (Lipinski definition) is 1. The van der Waals surface area contributed by atoms with Gasteiger partial charge in [0, 0.05) is 5.69 Å². The fourth-order valence-corrected chi connectivity index (χ4v) is 3.05. The molecule has 1 aromatic heterocycles. The lowest BCUT2D eigenvalue weighted by Crippen LogP contribution is -2.19. The van der Waals surface area contributed by atoms with Crippen molar-refractivity contribution in [2.75, 3.05) is 5.32 Å². The van der Waals surface area contributed by atoms with Gasteiger partial charge in [0.15, 0.2) is 17.5 Å². The summed E-state index contributed by atoms with van der Waals surface area (Å²) in [5, 5.41) is 7.01. The molecule has 1 N–H and O–H groups in total. The van der Waals surface area contributed by atoms with E-state index in [2.05, 4.69) is 15.4 Å². The van der Waals surface area contributed by atoms with Gasteiger partial charge in [0.25, 0.3) is 5.56 Å². The van der Waals surface area contributed by atoms with E-state index in [9.17, 15) is 18.0 Å². The van der Waals surface area contributed by atoms with Gasteiger partial charge in [-0.1, -0.05) is 6.07 Å². The molecule has 0 amide bonds. The van der Waals surface area contributed by atoms with E-state index in [4.69, 9.17) is 4.74 Å². The first-order chi connectivity index (χ1) is 13.4. The molecule has 28 heavy (non-hydrogen) atoms. The van der Waals surface area contributed by atoms with E-state index >= 15 is 0 Å². The molecule has 1 aliphatic heterocycles. The van der Waals surface area contributed by atoms with Crippen LogP contribution in [0.5, 0.6) is 0 Å². The molecule has 0 spiro atoms. The quantitative estimate of drug-likeness (QED) is 0.696. The second-order valence-electron chi connectivity index (χ2n) is 6.50. The lowest BCUT2D eigenvalue weighted by atomic mass is 10.1. The molecule has 144 valence electrons. The van der Waals surface area contributed by atoms with Crippen LogP contribution in [0, 0.1) is 24.4 Å². The fourth-order valence-electron chi connectivity index (χ4n) is 3.05. The van der Waals surface area contributed by atoms with E-state index in [-0.39, 0.29) is 18.1 Å². The van der Waals surface area contributed by atoms with Crippen molar-refractivity contribution < 1.29 is 17.9 Å². The summed E-state index contributed by atoms with van der Waals surface area (Å²) in [6.45, 7) is 2.82. The topological polar surface area (TPSA) is 69.0 Å². The van der Waals surface area contributed by atoms with Crippen molar-refractivity contribution in [3.63, 3.8) is 0 Å². The summed E-state index contributed by atoms with van der Waals surface area (Å²) in [6.07, 6.45) is 0.991. The average Bonchev–Trinajstić information content (AvgIpc) is 3.09. The van der Waals surface area contributed by atoms with Gasteiger partial charge >= 0.3 is 0 Å². The van der Waals surface area contributed by atoms with Crippen LogP contribution < -0.4 is 10.9 Å². The van der Waals surface area contributed by atoms with Crippen molar-refractivity contribution in [2.24, 2.45) is 0 Å². The Morgan fingerprint density at radius 3 is 2.50 bits per heavy atom. The van der Waals surface area contributed by atoms with E-state index in [1.807, 2.05) is 19.1 Å². The minimum absolute atomic E-state index is 0.0969. The smallest absolute Gasteiger partial charge is 0.293 e. The van der Waals surface area contributed by atoms with E-state index in [0.717, 1.165) is 35.0 Å². The van der Waals surface area contributed by atoms with Crippen molar-refractivity contribution in [3.05, 3.63) is 80.5 Å². The predicted molar refractivity (Wildman–Crippen MR) is 94.7 cm³/mol. The molecule has 0 atom stereocenters. The van der Waals surface area contributed by atoms with Crippen LogP contribution in [0.15, 0.2) is 35.3 Å². The first kappa shape index (κ1) is 18.2. The number of aryl methyl sites for hydroxylation is 1.